The van der Waals surface area contributed by atoms with Gasteiger partial charge in [-0.25, -0.2) is 0 Å². The van der Waals surface area contributed by atoms with Crippen LogP contribution in [0.5, 0.6) is 0 Å². The zero-order valence-corrected chi connectivity index (χ0v) is 15.7. The van der Waals surface area contributed by atoms with E-state index in [4.69, 9.17) is 16.3 Å². The van der Waals surface area contributed by atoms with Gasteiger partial charge in [0.05, 0.1) is 6.61 Å². The average molecular weight is 385 g/mol. The van der Waals surface area contributed by atoms with E-state index >= 15 is 0 Å². The van der Waals surface area contributed by atoms with Crippen LogP contribution in [0.4, 0.5) is 5.69 Å². The Bertz CT molecular complexity index is 840. The Morgan fingerprint density at radius 2 is 1.78 bits per heavy atom. The predicted molar refractivity (Wildman–Crippen MR) is 104 cm³/mol. The number of ether oxygens (including phenoxy) is 1. The van der Waals surface area contributed by atoms with E-state index in [0.29, 0.717) is 36.8 Å². The van der Waals surface area contributed by atoms with Crippen molar-refractivity contribution in [1.82, 2.24) is 4.90 Å². The summed E-state index contributed by atoms with van der Waals surface area (Å²) in [6.07, 6.45) is 0.808. The molecule has 2 amide bonds. The van der Waals surface area contributed by atoms with Gasteiger partial charge in [0, 0.05) is 41.3 Å². The van der Waals surface area contributed by atoms with Crippen molar-refractivity contribution in [2.24, 2.45) is 5.41 Å². The Balaban J connectivity index is 1.53. The molecule has 2 aromatic rings. The van der Waals surface area contributed by atoms with Gasteiger partial charge in [-0.05, 0) is 42.8 Å². The van der Waals surface area contributed by atoms with E-state index in [9.17, 15) is 9.59 Å². The van der Waals surface area contributed by atoms with Crippen LogP contribution in [0.25, 0.3) is 0 Å². The number of anilines is 1. The van der Waals surface area contributed by atoms with Crippen molar-refractivity contribution in [1.29, 1.82) is 0 Å². The number of benzene rings is 2. The minimum absolute atomic E-state index is 0.00891. The third-order valence-corrected chi connectivity index (χ3v) is 5.56. The smallest absolute Gasteiger partial charge is 0.253 e. The first kappa shape index (κ1) is 18.0. The molecule has 5 nitrogen and oxygen atoms in total. The summed E-state index contributed by atoms with van der Waals surface area (Å²) in [7, 11) is 0. The molecule has 2 heterocycles. The summed E-state index contributed by atoms with van der Waals surface area (Å²) in [5, 5.41) is 0.610. The lowest BCUT2D eigenvalue weighted by molar-refractivity contribution is -0.122. The number of carbonyl (C=O) groups excluding carboxylic acids is 2. The fraction of sp³-hybridized carbons (Fsp3) is 0.333. The van der Waals surface area contributed by atoms with Gasteiger partial charge in [0.1, 0.15) is 6.61 Å². The Morgan fingerprint density at radius 1 is 1.04 bits per heavy atom. The zero-order valence-electron chi connectivity index (χ0n) is 14.9. The molecule has 140 valence electrons. The molecular weight excluding hydrogens is 364 g/mol. The van der Waals surface area contributed by atoms with Crippen molar-refractivity contribution in [3.63, 3.8) is 0 Å². The maximum atomic E-state index is 12.8. The number of hydrogen-bond acceptors (Lipinski definition) is 3. The molecule has 1 atom stereocenters. The first-order valence-electron chi connectivity index (χ1n) is 9.04. The first-order valence-corrected chi connectivity index (χ1v) is 9.42. The van der Waals surface area contributed by atoms with E-state index in [0.717, 1.165) is 12.1 Å². The van der Waals surface area contributed by atoms with Gasteiger partial charge in [0.25, 0.3) is 11.8 Å². The number of rotatable bonds is 2. The van der Waals surface area contributed by atoms with Gasteiger partial charge in [-0.15, -0.1) is 0 Å². The molecule has 0 aliphatic carbocycles. The highest BCUT2D eigenvalue weighted by Crippen LogP contribution is 2.36. The number of nitrogens with zero attached hydrogens (tertiary/aromatic N) is 2. The fourth-order valence-electron chi connectivity index (χ4n) is 3.88. The van der Waals surface area contributed by atoms with Gasteiger partial charge in [0.2, 0.25) is 0 Å². The monoisotopic (exact) mass is 384 g/mol. The Kier molecular flexibility index (Phi) is 4.89. The molecule has 2 saturated heterocycles. The van der Waals surface area contributed by atoms with Crippen LogP contribution in [0.3, 0.4) is 0 Å². The van der Waals surface area contributed by atoms with Gasteiger partial charge in [-0.2, -0.15) is 0 Å². The molecule has 1 spiro atoms. The van der Waals surface area contributed by atoms with Gasteiger partial charge in [-0.1, -0.05) is 29.8 Å². The maximum absolute atomic E-state index is 12.8. The summed E-state index contributed by atoms with van der Waals surface area (Å²) < 4.78 is 5.70. The minimum Gasteiger partial charge on any atom is -0.371 e. The van der Waals surface area contributed by atoms with Crippen molar-refractivity contribution in [2.45, 2.75) is 6.42 Å². The summed E-state index contributed by atoms with van der Waals surface area (Å²) in [5.74, 6) is -0.0501. The lowest BCUT2D eigenvalue weighted by Gasteiger charge is -2.32. The van der Waals surface area contributed by atoms with Crippen molar-refractivity contribution in [3.05, 3.63) is 65.2 Å². The first-order chi connectivity index (χ1) is 13.1. The van der Waals surface area contributed by atoms with E-state index in [1.165, 1.54) is 0 Å². The zero-order chi connectivity index (χ0) is 18.9. The third kappa shape index (κ3) is 3.70. The molecule has 1 unspecified atom stereocenters. The second kappa shape index (κ2) is 7.33. The Hall–Kier alpha value is -2.37. The van der Waals surface area contributed by atoms with Crippen LogP contribution in [-0.4, -0.2) is 49.6 Å². The Morgan fingerprint density at radius 3 is 2.52 bits per heavy atom. The number of para-hydroxylation sites is 1. The molecular formula is C21H21ClN2O3. The van der Waals surface area contributed by atoms with Crippen LogP contribution in [0.2, 0.25) is 5.02 Å². The largest absolute Gasteiger partial charge is 0.371 e. The normalized spacial score (nSPS) is 22.9. The standard InChI is InChI=1S/C21H21ClN2O3/c22-17-8-6-16(7-9-17)20(26)23-11-10-21(13-23)14-24(19(25)12-27-15-21)18-4-2-1-3-5-18/h1-9H,10-15H2. The van der Waals surface area contributed by atoms with Gasteiger partial charge in [0.15, 0.2) is 0 Å². The summed E-state index contributed by atoms with van der Waals surface area (Å²) >= 11 is 5.92. The minimum atomic E-state index is -0.246. The van der Waals surface area contributed by atoms with E-state index < -0.39 is 0 Å². The van der Waals surface area contributed by atoms with Crippen molar-refractivity contribution < 1.29 is 14.3 Å². The molecule has 27 heavy (non-hydrogen) atoms. The quantitative estimate of drug-likeness (QED) is 0.798. The lowest BCUT2D eigenvalue weighted by Crippen LogP contribution is -2.43. The second-order valence-electron chi connectivity index (χ2n) is 7.29. The molecule has 0 N–H and O–H groups in total. The van der Waals surface area contributed by atoms with Crippen LogP contribution in [0, 0.1) is 5.41 Å². The molecule has 2 aliphatic rings. The number of amides is 2. The van der Waals surface area contributed by atoms with Crippen molar-refractivity contribution in [3.8, 4) is 0 Å². The van der Waals surface area contributed by atoms with E-state index in [1.54, 1.807) is 29.2 Å². The third-order valence-electron chi connectivity index (χ3n) is 5.31. The lowest BCUT2D eigenvalue weighted by atomic mass is 9.87. The number of likely N-dealkylation sites (tertiary alicyclic amines) is 1. The van der Waals surface area contributed by atoms with Gasteiger partial charge >= 0.3 is 0 Å². The summed E-state index contributed by atoms with van der Waals surface area (Å²) in [6.45, 7) is 2.33. The van der Waals surface area contributed by atoms with Crippen LogP contribution >= 0.6 is 11.6 Å². The molecule has 2 aliphatic heterocycles. The van der Waals surface area contributed by atoms with Crippen LogP contribution in [-0.2, 0) is 9.53 Å². The number of hydrogen-bond donors (Lipinski definition) is 0. The molecule has 6 heteroatoms. The second-order valence-corrected chi connectivity index (χ2v) is 7.73. The molecule has 2 fully saturated rings. The highest BCUT2D eigenvalue weighted by molar-refractivity contribution is 6.30. The Labute approximate surface area is 163 Å². The molecule has 2 aromatic carbocycles. The molecule has 4 rings (SSSR count). The van der Waals surface area contributed by atoms with Crippen LogP contribution in [0.1, 0.15) is 16.8 Å². The molecule has 0 bridgehead atoms. The van der Waals surface area contributed by atoms with Crippen LogP contribution in [0.15, 0.2) is 54.6 Å². The van der Waals surface area contributed by atoms with Crippen LogP contribution < -0.4 is 4.90 Å². The highest BCUT2D eigenvalue weighted by Gasteiger charge is 2.44. The topological polar surface area (TPSA) is 49.9 Å². The number of carbonyl (C=O) groups is 2. The SMILES string of the molecule is O=C(c1ccc(Cl)cc1)N1CCC2(COCC(=O)N(c3ccccc3)C2)C1. The molecule has 0 radical (unpaired) electrons. The summed E-state index contributed by atoms with van der Waals surface area (Å²) in [4.78, 5) is 29.0. The maximum Gasteiger partial charge on any atom is 0.253 e. The average Bonchev–Trinajstić information content (AvgIpc) is 3.03. The highest BCUT2D eigenvalue weighted by atomic mass is 35.5. The number of halogens is 1. The molecule has 0 aromatic heterocycles. The predicted octanol–water partition coefficient (Wildman–Crippen LogP) is 3.24. The summed E-state index contributed by atoms with van der Waals surface area (Å²) in [5.41, 5.74) is 1.25. The van der Waals surface area contributed by atoms with Crippen molar-refractivity contribution in [2.75, 3.05) is 37.7 Å². The van der Waals surface area contributed by atoms with Crippen molar-refractivity contribution >= 4 is 29.1 Å². The molecule has 0 saturated carbocycles. The van der Waals surface area contributed by atoms with E-state index in [1.807, 2.05) is 35.2 Å². The van der Waals surface area contributed by atoms with Gasteiger partial charge < -0.3 is 14.5 Å². The van der Waals surface area contributed by atoms with E-state index in [-0.39, 0.29) is 23.8 Å². The fourth-order valence-corrected chi connectivity index (χ4v) is 4.00. The van der Waals surface area contributed by atoms with Gasteiger partial charge in [-0.3, -0.25) is 9.59 Å². The van der Waals surface area contributed by atoms with E-state index in [2.05, 4.69) is 0 Å². The summed E-state index contributed by atoms with van der Waals surface area (Å²) in [6, 6.07) is 16.6.